The predicted octanol–water partition coefficient (Wildman–Crippen LogP) is 2.19. The molecule has 0 spiro atoms. The lowest BCUT2D eigenvalue weighted by molar-refractivity contribution is 0.245. The number of aliphatic imine (C=N–C) groups is 1. The minimum absolute atomic E-state index is 0.358. The molecular weight excluding hydrogens is 338 g/mol. The van der Waals surface area contributed by atoms with Gasteiger partial charge in [-0.2, -0.15) is 0 Å². The molecule has 7 nitrogen and oxygen atoms in total. The van der Waals surface area contributed by atoms with Crippen molar-refractivity contribution in [3.05, 3.63) is 48.0 Å². The lowest BCUT2D eigenvalue weighted by Gasteiger charge is -2.29. The maximum absolute atomic E-state index is 4.71. The second-order valence-corrected chi connectivity index (χ2v) is 6.78. The Bertz CT molecular complexity index is 704. The number of nitrogens with zero attached hydrogens (tertiary/aromatic N) is 5. The number of nitrogens with one attached hydrogen (secondary N) is 2. The van der Waals surface area contributed by atoms with Crippen molar-refractivity contribution < 1.29 is 0 Å². The van der Waals surface area contributed by atoms with Crippen LogP contribution >= 0.6 is 0 Å². The Labute approximate surface area is 161 Å². The Balaban J connectivity index is 1.67. The van der Waals surface area contributed by atoms with E-state index in [2.05, 4.69) is 69.9 Å². The van der Waals surface area contributed by atoms with Crippen molar-refractivity contribution in [1.82, 2.24) is 30.3 Å². The number of hydrogen-bond donors (Lipinski definition) is 2. The Morgan fingerprint density at radius 1 is 1.15 bits per heavy atom. The van der Waals surface area contributed by atoms with Gasteiger partial charge in [-0.05, 0) is 45.3 Å². The SMILES string of the molecule is CCNC(=NCc1nncn1CC)NCC(c1ccccc1)N1CCCC1. The van der Waals surface area contributed by atoms with Crippen LogP contribution in [-0.2, 0) is 13.1 Å². The van der Waals surface area contributed by atoms with E-state index in [9.17, 15) is 0 Å². The van der Waals surface area contributed by atoms with E-state index in [4.69, 9.17) is 4.99 Å². The summed E-state index contributed by atoms with van der Waals surface area (Å²) in [5.74, 6) is 1.71. The summed E-state index contributed by atoms with van der Waals surface area (Å²) in [6, 6.07) is 11.1. The number of rotatable bonds is 8. The molecule has 1 atom stereocenters. The highest BCUT2D eigenvalue weighted by Gasteiger charge is 2.23. The molecule has 1 aliphatic heterocycles. The third-order valence-corrected chi connectivity index (χ3v) is 4.99. The maximum Gasteiger partial charge on any atom is 0.191 e. The second-order valence-electron chi connectivity index (χ2n) is 6.78. The number of guanidine groups is 1. The molecule has 2 aromatic rings. The molecule has 2 N–H and O–H groups in total. The number of benzene rings is 1. The normalized spacial score (nSPS) is 16.4. The van der Waals surface area contributed by atoms with Crippen molar-refractivity contribution in [2.24, 2.45) is 4.99 Å². The molecule has 1 unspecified atom stereocenters. The smallest absolute Gasteiger partial charge is 0.191 e. The van der Waals surface area contributed by atoms with Crippen LogP contribution in [0, 0.1) is 0 Å². The molecule has 1 aromatic carbocycles. The van der Waals surface area contributed by atoms with Crippen LogP contribution in [0.25, 0.3) is 0 Å². The van der Waals surface area contributed by atoms with Gasteiger partial charge >= 0.3 is 0 Å². The quantitative estimate of drug-likeness (QED) is 0.551. The van der Waals surface area contributed by atoms with Crippen LogP contribution in [0.3, 0.4) is 0 Å². The molecule has 27 heavy (non-hydrogen) atoms. The van der Waals surface area contributed by atoms with Gasteiger partial charge in [-0.3, -0.25) is 4.90 Å². The van der Waals surface area contributed by atoms with Gasteiger partial charge in [0.2, 0.25) is 0 Å². The fourth-order valence-electron chi connectivity index (χ4n) is 3.54. The molecular formula is C20H31N7. The molecule has 146 valence electrons. The third kappa shape index (κ3) is 5.29. The zero-order valence-electron chi connectivity index (χ0n) is 16.4. The van der Waals surface area contributed by atoms with Gasteiger partial charge < -0.3 is 15.2 Å². The molecule has 2 heterocycles. The van der Waals surface area contributed by atoms with Gasteiger partial charge in [-0.25, -0.2) is 4.99 Å². The topological polar surface area (TPSA) is 70.4 Å². The molecule has 1 aliphatic rings. The number of hydrogen-bond acceptors (Lipinski definition) is 4. The summed E-state index contributed by atoms with van der Waals surface area (Å²) in [4.78, 5) is 7.28. The average Bonchev–Trinajstić information content (AvgIpc) is 3.39. The lowest BCUT2D eigenvalue weighted by Crippen LogP contribution is -2.42. The van der Waals surface area contributed by atoms with Crippen molar-refractivity contribution in [3.63, 3.8) is 0 Å². The lowest BCUT2D eigenvalue weighted by atomic mass is 10.1. The van der Waals surface area contributed by atoms with E-state index in [1.54, 1.807) is 6.33 Å². The predicted molar refractivity (Wildman–Crippen MR) is 109 cm³/mol. The van der Waals surface area contributed by atoms with Crippen molar-refractivity contribution in [2.45, 2.75) is 45.8 Å². The van der Waals surface area contributed by atoms with Gasteiger partial charge in [-0.15, -0.1) is 10.2 Å². The first-order chi connectivity index (χ1) is 13.3. The molecule has 0 bridgehead atoms. The van der Waals surface area contributed by atoms with E-state index < -0.39 is 0 Å². The highest BCUT2D eigenvalue weighted by molar-refractivity contribution is 5.79. The van der Waals surface area contributed by atoms with Crippen molar-refractivity contribution in [3.8, 4) is 0 Å². The number of likely N-dealkylation sites (tertiary alicyclic amines) is 1. The first kappa shape index (κ1) is 19.4. The number of aromatic nitrogens is 3. The minimum Gasteiger partial charge on any atom is -0.357 e. The Hall–Kier alpha value is -2.41. The standard InChI is InChI=1S/C20H31N7/c1-3-21-20(23-15-19-25-24-16-26(19)4-2)22-14-18(27-12-8-9-13-27)17-10-6-5-7-11-17/h5-7,10-11,16,18H,3-4,8-9,12-15H2,1-2H3,(H2,21,22,23). The van der Waals surface area contributed by atoms with E-state index in [1.807, 2.05) is 4.57 Å². The zero-order valence-corrected chi connectivity index (χ0v) is 16.4. The average molecular weight is 370 g/mol. The molecule has 1 aromatic heterocycles. The van der Waals surface area contributed by atoms with Crippen LogP contribution < -0.4 is 10.6 Å². The third-order valence-electron chi connectivity index (χ3n) is 4.99. The second kappa shape index (κ2) is 10.1. The Morgan fingerprint density at radius 3 is 2.63 bits per heavy atom. The van der Waals surface area contributed by atoms with Gasteiger partial charge in [0.15, 0.2) is 11.8 Å². The van der Waals surface area contributed by atoms with Crippen LogP contribution in [-0.4, -0.2) is 51.8 Å². The first-order valence-electron chi connectivity index (χ1n) is 9.99. The summed E-state index contributed by atoms with van der Waals surface area (Å²) in [7, 11) is 0. The summed E-state index contributed by atoms with van der Waals surface area (Å²) in [5.41, 5.74) is 1.36. The van der Waals surface area contributed by atoms with E-state index in [1.165, 1.54) is 18.4 Å². The molecule has 7 heteroatoms. The van der Waals surface area contributed by atoms with Crippen LogP contribution in [0.4, 0.5) is 0 Å². The fraction of sp³-hybridized carbons (Fsp3) is 0.550. The van der Waals surface area contributed by atoms with E-state index in [-0.39, 0.29) is 0 Å². The molecule has 0 amide bonds. The Morgan fingerprint density at radius 2 is 1.93 bits per heavy atom. The van der Waals surface area contributed by atoms with Gasteiger partial charge in [0.1, 0.15) is 12.9 Å². The van der Waals surface area contributed by atoms with E-state index >= 15 is 0 Å². The summed E-state index contributed by atoms with van der Waals surface area (Å²) in [6.45, 7) is 9.52. The Kier molecular flexibility index (Phi) is 7.21. The van der Waals surface area contributed by atoms with E-state index in [0.29, 0.717) is 12.6 Å². The van der Waals surface area contributed by atoms with Crippen molar-refractivity contribution >= 4 is 5.96 Å². The maximum atomic E-state index is 4.71. The highest BCUT2D eigenvalue weighted by atomic mass is 15.3. The van der Waals surface area contributed by atoms with E-state index in [0.717, 1.165) is 44.5 Å². The molecule has 1 saturated heterocycles. The van der Waals surface area contributed by atoms with Gasteiger partial charge in [0.05, 0.1) is 6.04 Å². The van der Waals surface area contributed by atoms with Gasteiger partial charge in [-0.1, -0.05) is 30.3 Å². The number of aryl methyl sites for hydroxylation is 1. The summed E-state index contributed by atoms with van der Waals surface area (Å²) >= 11 is 0. The fourth-order valence-corrected chi connectivity index (χ4v) is 3.54. The largest absolute Gasteiger partial charge is 0.357 e. The van der Waals surface area contributed by atoms with Crippen LogP contribution in [0.15, 0.2) is 41.7 Å². The van der Waals surface area contributed by atoms with Crippen LogP contribution in [0.5, 0.6) is 0 Å². The van der Waals surface area contributed by atoms with Crippen LogP contribution in [0.1, 0.15) is 44.1 Å². The monoisotopic (exact) mass is 369 g/mol. The van der Waals surface area contributed by atoms with Crippen molar-refractivity contribution in [1.29, 1.82) is 0 Å². The summed E-state index contributed by atoms with van der Waals surface area (Å²) in [6.07, 6.45) is 4.32. The summed E-state index contributed by atoms with van der Waals surface area (Å²) in [5, 5.41) is 15.0. The zero-order chi connectivity index (χ0) is 18.9. The molecule has 0 radical (unpaired) electrons. The molecule has 3 rings (SSSR count). The van der Waals surface area contributed by atoms with Crippen LogP contribution in [0.2, 0.25) is 0 Å². The van der Waals surface area contributed by atoms with Gasteiger partial charge in [0, 0.05) is 19.6 Å². The highest BCUT2D eigenvalue weighted by Crippen LogP contribution is 2.24. The van der Waals surface area contributed by atoms with Gasteiger partial charge in [0.25, 0.3) is 0 Å². The molecule has 0 saturated carbocycles. The summed E-state index contributed by atoms with van der Waals surface area (Å²) < 4.78 is 2.02. The molecule has 0 aliphatic carbocycles. The molecule has 1 fully saturated rings. The minimum atomic E-state index is 0.358. The van der Waals surface area contributed by atoms with Crippen molar-refractivity contribution in [2.75, 3.05) is 26.2 Å². The first-order valence-corrected chi connectivity index (χ1v) is 9.99.